The molecule has 0 aliphatic carbocycles. The zero-order valence-corrected chi connectivity index (χ0v) is 9.71. The van der Waals surface area contributed by atoms with Gasteiger partial charge in [0, 0.05) is 29.2 Å². The molecule has 0 atom stereocenters. The number of aromatic nitrogens is 1. The Balaban J connectivity index is 2.22. The molecule has 0 aliphatic heterocycles. The third-order valence-corrected chi connectivity index (χ3v) is 2.32. The fourth-order valence-electron chi connectivity index (χ4n) is 1.55. The standard InChI is InChI=1S/C13H12N2O3/c1-8-4-10(2-3-14-8)15-13(18)9-5-11(16)7-12(17)6-9/h2-7,16-17H,1H3,(H,14,15,18). The molecule has 0 saturated carbocycles. The number of nitrogens with one attached hydrogen (secondary N) is 1. The number of phenols is 2. The SMILES string of the molecule is Cc1cc(NC(=O)c2cc(O)cc(O)c2)ccn1. The Morgan fingerprint density at radius 1 is 1.17 bits per heavy atom. The third kappa shape index (κ3) is 2.76. The van der Waals surface area contributed by atoms with Crippen molar-refractivity contribution < 1.29 is 15.0 Å². The van der Waals surface area contributed by atoms with Gasteiger partial charge in [-0.3, -0.25) is 9.78 Å². The number of hydrogen-bond acceptors (Lipinski definition) is 4. The molecule has 3 N–H and O–H groups in total. The Kier molecular flexibility index (Phi) is 3.14. The monoisotopic (exact) mass is 244 g/mol. The highest BCUT2D eigenvalue weighted by Gasteiger charge is 2.09. The van der Waals surface area contributed by atoms with Gasteiger partial charge in [-0.25, -0.2) is 0 Å². The number of carbonyl (C=O) groups excluding carboxylic acids is 1. The topological polar surface area (TPSA) is 82.5 Å². The lowest BCUT2D eigenvalue weighted by molar-refractivity contribution is 0.102. The molecule has 0 radical (unpaired) electrons. The summed E-state index contributed by atoms with van der Waals surface area (Å²) in [6.07, 6.45) is 1.59. The fourth-order valence-corrected chi connectivity index (χ4v) is 1.55. The smallest absolute Gasteiger partial charge is 0.255 e. The molecule has 0 bridgehead atoms. The molecule has 18 heavy (non-hydrogen) atoms. The van der Waals surface area contributed by atoms with Crippen LogP contribution < -0.4 is 5.32 Å². The summed E-state index contributed by atoms with van der Waals surface area (Å²) in [6.45, 7) is 1.82. The number of rotatable bonds is 2. The van der Waals surface area contributed by atoms with Crippen LogP contribution in [-0.2, 0) is 0 Å². The van der Waals surface area contributed by atoms with Crippen molar-refractivity contribution in [3.05, 3.63) is 47.8 Å². The van der Waals surface area contributed by atoms with Crippen molar-refractivity contribution in [2.24, 2.45) is 0 Å². The maximum atomic E-state index is 11.9. The maximum Gasteiger partial charge on any atom is 0.255 e. The molecular formula is C13H12N2O3. The predicted octanol–water partition coefficient (Wildman–Crippen LogP) is 2.05. The summed E-state index contributed by atoms with van der Waals surface area (Å²) < 4.78 is 0. The molecule has 1 amide bonds. The summed E-state index contributed by atoms with van der Waals surface area (Å²) in [4.78, 5) is 15.9. The van der Waals surface area contributed by atoms with Gasteiger partial charge in [-0.2, -0.15) is 0 Å². The largest absolute Gasteiger partial charge is 0.508 e. The van der Waals surface area contributed by atoms with Crippen LogP contribution >= 0.6 is 0 Å². The average Bonchev–Trinajstić information content (AvgIpc) is 2.27. The number of pyridine rings is 1. The molecule has 2 aromatic rings. The van der Waals surface area contributed by atoms with Gasteiger partial charge in [0.15, 0.2) is 0 Å². The number of nitrogens with zero attached hydrogens (tertiary/aromatic N) is 1. The summed E-state index contributed by atoms with van der Waals surface area (Å²) in [5.41, 5.74) is 1.57. The van der Waals surface area contributed by atoms with E-state index < -0.39 is 5.91 Å². The van der Waals surface area contributed by atoms with E-state index >= 15 is 0 Å². The van der Waals surface area contributed by atoms with E-state index in [-0.39, 0.29) is 17.1 Å². The van der Waals surface area contributed by atoms with Crippen LogP contribution in [0.25, 0.3) is 0 Å². The van der Waals surface area contributed by atoms with Gasteiger partial charge >= 0.3 is 0 Å². The number of benzene rings is 1. The van der Waals surface area contributed by atoms with E-state index in [1.807, 2.05) is 6.92 Å². The van der Waals surface area contributed by atoms with Crippen LogP contribution in [0.4, 0.5) is 5.69 Å². The second-order valence-corrected chi connectivity index (χ2v) is 3.88. The van der Waals surface area contributed by atoms with Crippen LogP contribution in [0.5, 0.6) is 11.5 Å². The van der Waals surface area contributed by atoms with E-state index in [9.17, 15) is 15.0 Å². The Morgan fingerprint density at radius 2 is 1.83 bits per heavy atom. The van der Waals surface area contributed by atoms with E-state index in [0.29, 0.717) is 5.69 Å². The van der Waals surface area contributed by atoms with Crippen molar-refractivity contribution in [1.29, 1.82) is 0 Å². The van der Waals surface area contributed by atoms with Crippen molar-refractivity contribution in [1.82, 2.24) is 4.98 Å². The number of aromatic hydroxyl groups is 2. The summed E-state index contributed by atoms with van der Waals surface area (Å²) in [7, 11) is 0. The zero-order valence-electron chi connectivity index (χ0n) is 9.71. The molecule has 5 nitrogen and oxygen atoms in total. The highest BCUT2D eigenvalue weighted by Crippen LogP contribution is 2.21. The van der Waals surface area contributed by atoms with Gasteiger partial charge in [0.2, 0.25) is 0 Å². The minimum atomic E-state index is -0.410. The number of hydrogen-bond donors (Lipinski definition) is 3. The first-order valence-corrected chi connectivity index (χ1v) is 5.31. The highest BCUT2D eigenvalue weighted by molar-refractivity contribution is 6.04. The number of phenolic OH excluding ortho intramolecular Hbond substituents is 2. The molecule has 5 heteroatoms. The van der Waals surface area contributed by atoms with Crippen molar-refractivity contribution >= 4 is 11.6 Å². The van der Waals surface area contributed by atoms with Crippen LogP contribution in [0.3, 0.4) is 0 Å². The third-order valence-electron chi connectivity index (χ3n) is 2.32. The Bertz CT molecular complexity index is 576. The minimum Gasteiger partial charge on any atom is -0.508 e. The van der Waals surface area contributed by atoms with Crippen LogP contribution in [0.2, 0.25) is 0 Å². The zero-order chi connectivity index (χ0) is 13.1. The summed E-state index contributed by atoms with van der Waals surface area (Å²) in [6, 6.07) is 7.10. The molecule has 1 heterocycles. The summed E-state index contributed by atoms with van der Waals surface area (Å²) in [5.74, 6) is -0.732. The van der Waals surface area contributed by atoms with E-state index in [1.165, 1.54) is 12.1 Å². The lowest BCUT2D eigenvalue weighted by Gasteiger charge is -2.06. The summed E-state index contributed by atoms with van der Waals surface area (Å²) >= 11 is 0. The first kappa shape index (κ1) is 11.9. The van der Waals surface area contributed by atoms with Crippen molar-refractivity contribution in [2.75, 3.05) is 5.32 Å². The molecule has 0 aliphatic rings. The van der Waals surface area contributed by atoms with Crippen LogP contribution in [0.15, 0.2) is 36.5 Å². The van der Waals surface area contributed by atoms with Crippen LogP contribution in [0.1, 0.15) is 16.1 Å². The number of carbonyl (C=O) groups is 1. The summed E-state index contributed by atoms with van der Waals surface area (Å²) in [5, 5.41) is 21.3. The van der Waals surface area contributed by atoms with E-state index in [4.69, 9.17) is 0 Å². The number of anilines is 1. The predicted molar refractivity (Wildman–Crippen MR) is 66.7 cm³/mol. The lowest BCUT2D eigenvalue weighted by Crippen LogP contribution is -2.11. The number of aryl methyl sites for hydroxylation is 1. The molecular weight excluding hydrogens is 232 g/mol. The second kappa shape index (κ2) is 4.75. The van der Waals surface area contributed by atoms with Crippen LogP contribution in [-0.4, -0.2) is 21.1 Å². The molecule has 0 spiro atoms. The molecule has 0 unspecified atom stereocenters. The molecule has 2 rings (SSSR count). The molecule has 1 aromatic carbocycles. The van der Waals surface area contributed by atoms with Gasteiger partial charge in [-0.05, 0) is 31.2 Å². The van der Waals surface area contributed by atoms with Gasteiger partial charge in [-0.15, -0.1) is 0 Å². The molecule has 92 valence electrons. The maximum absolute atomic E-state index is 11.9. The fraction of sp³-hybridized carbons (Fsp3) is 0.0769. The van der Waals surface area contributed by atoms with E-state index in [0.717, 1.165) is 11.8 Å². The van der Waals surface area contributed by atoms with Gasteiger partial charge in [0.05, 0.1) is 0 Å². The van der Waals surface area contributed by atoms with Crippen molar-refractivity contribution in [3.63, 3.8) is 0 Å². The average molecular weight is 244 g/mol. The Labute approximate surface area is 104 Å². The van der Waals surface area contributed by atoms with Crippen molar-refractivity contribution in [2.45, 2.75) is 6.92 Å². The van der Waals surface area contributed by atoms with E-state index in [1.54, 1.807) is 18.3 Å². The first-order valence-electron chi connectivity index (χ1n) is 5.31. The molecule has 1 aromatic heterocycles. The Hall–Kier alpha value is -2.56. The van der Waals surface area contributed by atoms with Gasteiger partial charge in [-0.1, -0.05) is 0 Å². The van der Waals surface area contributed by atoms with Gasteiger partial charge in [0.25, 0.3) is 5.91 Å². The van der Waals surface area contributed by atoms with Gasteiger partial charge < -0.3 is 15.5 Å². The van der Waals surface area contributed by atoms with Gasteiger partial charge in [0.1, 0.15) is 11.5 Å². The quantitative estimate of drug-likeness (QED) is 0.755. The number of amides is 1. The molecule has 0 saturated heterocycles. The van der Waals surface area contributed by atoms with Crippen molar-refractivity contribution in [3.8, 4) is 11.5 Å². The normalized spacial score (nSPS) is 10.1. The van der Waals surface area contributed by atoms with Crippen LogP contribution in [0, 0.1) is 6.92 Å². The molecule has 0 fully saturated rings. The van der Waals surface area contributed by atoms with E-state index in [2.05, 4.69) is 10.3 Å². The highest BCUT2D eigenvalue weighted by atomic mass is 16.3. The minimum absolute atomic E-state index is 0.161. The second-order valence-electron chi connectivity index (χ2n) is 3.88. The Morgan fingerprint density at radius 3 is 2.44 bits per heavy atom. The lowest BCUT2D eigenvalue weighted by atomic mass is 10.2. The first-order chi connectivity index (χ1) is 8.54.